The van der Waals surface area contributed by atoms with E-state index in [0.717, 1.165) is 29.7 Å². The molecule has 0 spiro atoms. The highest BCUT2D eigenvalue weighted by Crippen LogP contribution is 2.30. The van der Waals surface area contributed by atoms with Crippen LogP contribution in [0.1, 0.15) is 75.2 Å². The van der Waals surface area contributed by atoms with E-state index in [-0.39, 0.29) is 29.1 Å². The molecule has 3 rings (SSSR count). The number of amides is 1. The number of hydrogen-bond acceptors (Lipinski definition) is 4. The topological polar surface area (TPSA) is 64.0 Å². The van der Waals surface area contributed by atoms with E-state index >= 15 is 0 Å². The first kappa shape index (κ1) is 17.5. The second-order valence-electron chi connectivity index (χ2n) is 7.12. The molecule has 1 aromatic rings. The van der Waals surface area contributed by atoms with Crippen LogP contribution in [-0.2, 0) is 0 Å². The lowest BCUT2D eigenvalue weighted by Crippen LogP contribution is -2.41. The maximum Gasteiger partial charge on any atom is 0.267 e. The first-order valence-electron chi connectivity index (χ1n) is 9.15. The molecule has 5 nitrogen and oxygen atoms in total. The predicted molar refractivity (Wildman–Crippen MR) is 96.7 cm³/mol. The summed E-state index contributed by atoms with van der Waals surface area (Å²) >= 11 is 1.57. The number of aromatic nitrogens is 2. The van der Waals surface area contributed by atoms with Crippen molar-refractivity contribution >= 4 is 17.7 Å². The Morgan fingerprint density at radius 2 is 2.12 bits per heavy atom. The maximum absolute atomic E-state index is 12.6. The molecule has 6 heteroatoms. The Morgan fingerprint density at radius 3 is 2.83 bits per heavy atom. The minimum absolute atomic E-state index is 0.103. The van der Waals surface area contributed by atoms with Crippen molar-refractivity contribution in [1.29, 1.82) is 0 Å². The van der Waals surface area contributed by atoms with E-state index in [1.54, 1.807) is 16.3 Å². The van der Waals surface area contributed by atoms with Crippen molar-refractivity contribution in [1.82, 2.24) is 14.9 Å². The Labute approximate surface area is 147 Å². The van der Waals surface area contributed by atoms with E-state index in [1.807, 2.05) is 6.92 Å². The summed E-state index contributed by atoms with van der Waals surface area (Å²) in [5, 5.41) is 3.78. The van der Waals surface area contributed by atoms with Gasteiger partial charge in [0.25, 0.3) is 11.5 Å². The van der Waals surface area contributed by atoms with Gasteiger partial charge in [-0.2, -0.15) is 0 Å². The number of hydrogen-bond donors (Lipinski definition) is 1. The summed E-state index contributed by atoms with van der Waals surface area (Å²) in [6.07, 6.45) is 9.71. The summed E-state index contributed by atoms with van der Waals surface area (Å²) in [6.45, 7) is 4.22. The predicted octanol–water partition coefficient (Wildman–Crippen LogP) is 3.39. The van der Waals surface area contributed by atoms with Gasteiger partial charge in [0.2, 0.25) is 0 Å². The Hall–Kier alpha value is -1.30. The van der Waals surface area contributed by atoms with Gasteiger partial charge in [0.05, 0.1) is 0 Å². The number of nitrogens with zero attached hydrogens (tertiary/aromatic N) is 2. The average molecular weight is 350 g/mol. The largest absolute Gasteiger partial charge is 0.349 e. The minimum Gasteiger partial charge on any atom is -0.349 e. The van der Waals surface area contributed by atoms with Gasteiger partial charge in [-0.3, -0.25) is 14.2 Å². The van der Waals surface area contributed by atoms with Crippen LogP contribution in [0.2, 0.25) is 0 Å². The highest BCUT2D eigenvalue weighted by Gasteiger charge is 2.27. The van der Waals surface area contributed by atoms with Crippen LogP contribution in [0.4, 0.5) is 0 Å². The Kier molecular flexibility index (Phi) is 5.64. The molecule has 1 aliphatic carbocycles. The van der Waals surface area contributed by atoms with E-state index in [9.17, 15) is 9.59 Å². The van der Waals surface area contributed by atoms with Gasteiger partial charge in [0.15, 0.2) is 5.16 Å². The monoisotopic (exact) mass is 349 g/mol. The van der Waals surface area contributed by atoms with Gasteiger partial charge in [0.1, 0.15) is 5.56 Å². The Balaban J connectivity index is 1.61. The molecule has 1 unspecified atom stereocenters. The fourth-order valence-electron chi connectivity index (χ4n) is 3.73. The Morgan fingerprint density at radius 1 is 1.38 bits per heavy atom. The first-order valence-corrected chi connectivity index (χ1v) is 10.1. The lowest BCUT2D eigenvalue weighted by atomic mass is 9.83. The quantitative estimate of drug-likeness (QED) is 0.828. The van der Waals surface area contributed by atoms with E-state index in [0.29, 0.717) is 0 Å². The average Bonchev–Trinajstić information content (AvgIpc) is 2.96. The van der Waals surface area contributed by atoms with Gasteiger partial charge in [-0.25, -0.2) is 4.98 Å². The van der Waals surface area contributed by atoms with Crippen molar-refractivity contribution in [3.63, 3.8) is 0 Å². The summed E-state index contributed by atoms with van der Waals surface area (Å²) in [7, 11) is 0. The number of unbranched alkanes of at least 4 members (excludes halogenated alkanes) is 1. The number of thioether (sulfide) groups is 1. The van der Waals surface area contributed by atoms with Gasteiger partial charge in [-0.1, -0.05) is 37.9 Å². The molecule has 1 aliphatic heterocycles. The second kappa shape index (κ2) is 7.72. The molecular weight excluding hydrogens is 322 g/mol. The maximum atomic E-state index is 12.6. The highest BCUT2D eigenvalue weighted by molar-refractivity contribution is 7.99. The van der Waals surface area contributed by atoms with Crippen LogP contribution in [0.3, 0.4) is 0 Å². The normalized spacial score (nSPS) is 26.2. The van der Waals surface area contributed by atoms with Crippen molar-refractivity contribution in [2.75, 3.05) is 5.75 Å². The molecule has 0 bridgehead atoms. The molecule has 2 heterocycles. The summed E-state index contributed by atoms with van der Waals surface area (Å²) in [5.41, 5.74) is -0.0205. The van der Waals surface area contributed by atoms with Gasteiger partial charge < -0.3 is 5.32 Å². The number of fused-ring (bicyclic) bond motifs is 1. The van der Waals surface area contributed by atoms with Crippen LogP contribution >= 0.6 is 11.8 Å². The smallest absolute Gasteiger partial charge is 0.267 e. The van der Waals surface area contributed by atoms with Crippen molar-refractivity contribution < 1.29 is 4.79 Å². The third-order valence-electron chi connectivity index (χ3n) is 5.25. The van der Waals surface area contributed by atoms with Crippen LogP contribution in [0.5, 0.6) is 0 Å². The van der Waals surface area contributed by atoms with Crippen LogP contribution in [-0.4, -0.2) is 27.3 Å². The van der Waals surface area contributed by atoms with Crippen LogP contribution in [0, 0.1) is 5.92 Å². The molecule has 1 saturated carbocycles. The van der Waals surface area contributed by atoms with Gasteiger partial charge in [-0.05, 0) is 38.5 Å². The highest BCUT2D eigenvalue weighted by atomic mass is 32.2. The SMILES string of the molecule is CCCCC1CCC(NC(=O)c2cnc3n(c2=O)C(C)CS3)CC1. The lowest BCUT2D eigenvalue weighted by molar-refractivity contribution is 0.0918. The minimum atomic E-state index is -0.260. The summed E-state index contributed by atoms with van der Waals surface area (Å²) in [6, 6.07) is 0.298. The fourth-order valence-corrected chi connectivity index (χ4v) is 4.79. The molecule has 0 aromatic carbocycles. The number of carbonyl (C=O) groups excluding carboxylic acids is 1. The van der Waals surface area contributed by atoms with Crippen molar-refractivity contribution in [2.45, 2.75) is 76.0 Å². The van der Waals surface area contributed by atoms with Gasteiger partial charge in [0, 0.05) is 24.0 Å². The second-order valence-corrected chi connectivity index (χ2v) is 8.11. The summed E-state index contributed by atoms with van der Waals surface area (Å²) in [5.74, 6) is 1.39. The first-order chi connectivity index (χ1) is 11.6. The molecule has 2 aliphatic rings. The third kappa shape index (κ3) is 3.68. The van der Waals surface area contributed by atoms with Crippen LogP contribution < -0.4 is 10.9 Å². The van der Waals surface area contributed by atoms with Gasteiger partial charge >= 0.3 is 0 Å². The van der Waals surface area contributed by atoms with E-state index < -0.39 is 0 Å². The molecule has 0 radical (unpaired) electrons. The molecule has 0 saturated heterocycles. The van der Waals surface area contributed by atoms with E-state index in [1.165, 1.54) is 38.3 Å². The molecule has 1 N–H and O–H groups in total. The molecule has 132 valence electrons. The molecule has 1 fully saturated rings. The fraction of sp³-hybridized carbons (Fsp3) is 0.722. The van der Waals surface area contributed by atoms with Crippen LogP contribution in [0.15, 0.2) is 16.1 Å². The molecule has 1 aromatic heterocycles. The Bertz CT molecular complexity index is 650. The molecule has 1 amide bonds. The zero-order chi connectivity index (χ0) is 17.1. The van der Waals surface area contributed by atoms with Crippen molar-refractivity contribution in [2.24, 2.45) is 5.92 Å². The number of carbonyl (C=O) groups is 1. The third-order valence-corrected chi connectivity index (χ3v) is 6.46. The molecular formula is C18H27N3O2S. The van der Waals surface area contributed by atoms with Gasteiger partial charge in [-0.15, -0.1) is 0 Å². The summed E-state index contributed by atoms with van der Waals surface area (Å²) in [4.78, 5) is 29.4. The standard InChI is InChI=1S/C18H27N3O2S/c1-3-4-5-13-6-8-14(9-7-13)20-16(22)15-10-19-18-21(17(15)23)12(2)11-24-18/h10,12-14H,3-9,11H2,1-2H3,(H,20,22). The summed E-state index contributed by atoms with van der Waals surface area (Å²) < 4.78 is 1.65. The number of rotatable bonds is 5. The molecule has 1 atom stereocenters. The lowest BCUT2D eigenvalue weighted by Gasteiger charge is -2.29. The van der Waals surface area contributed by atoms with E-state index in [4.69, 9.17) is 0 Å². The number of nitrogens with one attached hydrogen (secondary N) is 1. The zero-order valence-corrected chi connectivity index (χ0v) is 15.4. The molecule has 24 heavy (non-hydrogen) atoms. The van der Waals surface area contributed by atoms with Crippen LogP contribution in [0.25, 0.3) is 0 Å². The van der Waals surface area contributed by atoms with Crippen molar-refractivity contribution in [3.8, 4) is 0 Å². The zero-order valence-electron chi connectivity index (χ0n) is 14.6. The van der Waals surface area contributed by atoms with E-state index in [2.05, 4.69) is 17.2 Å². The van der Waals surface area contributed by atoms with Crippen molar-refractivity contribution in [3.05, 3.63) is 22.1 Å².